The van der Waals surface area contributed by atoms with Crippen LogP contribution in [0, 0.1) is 11.6 Å². The van der Waals surface area contributed by atoms with Crippen LogP contribution in [0.3, 0.4) is 0 Å². The van der Waals surface area contributed by atoms with Crippen LogP contribution in [-0.4, -0.2) is 59.3 Å². The Morgan fingerprint density at radius 2 is 1.78 bits per heavy atom. The number of hydrogen-bond acceptors (Lipinski definition) is 8. The van der Waals surface area contributed by atoms with E-state index in [1.54, 1.807) is 18.3 Å². The number of anilines is 4. The summed E-state index contributed by atoms with van der Waals surface area (Å²) >= 11 is 0. The third-order valence-corrected chi connectivity index (χ3v) is 5.77. The van der Waals surface area contributed by atoms with Gasteiger partial charge in [-0.3, -0.25) is 9.88 Å². The van der Waals surface area contributed by atoms with Crippen LogP contribution in [0.5, 0.6) is 5.75 Å². The van der Waals surface area contributed by atoms with Crippen LogP contribution in [0.2, 0.25) is 0 Å². The summed E-state index contributed by atoms with van der Waals surface area (Å²) in [6, 6.07) is 13.6. The van der Waals surface area contributed by atoms with Crippen LogP contribution < -0.4 is 15.4 Å². The molecule has 8 nitrogen and oxygen atoms in total. The molecule has 0 saturated carbocycles. The van der Waals surface area contributed by atoms with Gasteiger partial charge in [-0.05, 0) is 55.0 Å². The Hall–Kier alpha value is -3.89. The maximum Gasteiger partial charge on any atom is 0.229 e. The highest BCUT2D eigenvalue weighted by Crippen LogP contribution is 2.24. The van der Waals surface area contributed by atoms with Crippen LogP contribution in [-0.2, 0) is 4.74 Å². The Kier molecular flexibility index (Phi) is 7.44. The number of benzene rings is 2. The predicted molar refractivity (Wildman–Crippen MR) is 134 cm³/mol. The standard InChI is InChI=1S/C26H26F2N6O2/c27-22-7-2-18-16-20(17-30-25(18)24(22)28)31-23-8-9-29-26(33-23)32-19-3-5-21(6-4-19)36-13-1-10-34-11-14-35-15-12-34/h2-9,16-17H,1,10-15H2,(H2,29,31,32,33). The van der Waals surface area contributed by atoms with Crippen LogP contribution in [0.25, 0.3) is 10.9 Å². The van der Waals surface area contributed by atoms with Crippen molar-refractivity contribution < 1.29 is 18.3 Å². The maximum absolute atomic E-state index is 13.9. The third-order valence-electron chi connectivity index (χ3n) is 5.77. The molecule has 0 spiro atoms. The van der Waals surface area contributed by atoms with Gasteiger partial charge < -0.3 is 20.1 Å². The van der Waals surface area contributed by atoms with E-state index in [4.69, 9.17) is 9.47 Å². The molecule has 3 heterocycles. The molecule has 2 N–H and O–H groups in total. The topological polar surface area (TPSA) is 84.4 Å². The van der Waals surface area contributed by atoms with E-state index >= 15 is 0 Å². The van der Waals surface area contributed by atoms with Gasteiger partial charge in [0, 0.05) is 36.9 Å². The molecule has 36 heavy (non-hydrogen) atoms. The van der Waals surface area contributed by atoms with Crippen molar-refractivity contribution >= 4 is 34.0 Å². The minimum atomic E-state index is -0.961. The zero-order valence-electron chi connectivity index (χ0n) is 19.6. The fourth-order valence-electron chi connectivity index (χ4n) is 3.91. The minimum absolute atomic E-state index is 0.0184. The molecular weight excluding hydrogens is 466 g/mol. The third kappa shape index (κ3) is 6.02. The highest BCUT2D eigenvalue weighted by molar-refractivity contribution is 5.83. The van der Waals surface area contributed by atoms with E-state index < -0.39 is 11.6 Å². The highest BCUT2D eigenvalue weighted by Gasteiger charge is 2.10. The van der Waals surface area contributed by atoms with Gasteiger partial charge >= 0.3 is 0 Å². The van der Waals surface area contributed by atoms with E-state index in [-0.39, 0.29) is 5.52 Å². The largest absolute Gasteiger partial charge is 0.494 e. The average Bonchev–Trinajstić information content (AvgIpc) is 2.91. The molecule has 0 atom stereocenters. The first kappa shape index (κ1) is 23.8. The normalized spacial score (nSPS) is 14.1. The minimum Gasteiger partial charge on any atom is -0.494 e. The van der Waals surface area contributed by atoms with Gasteiger partial charge in [0.15, 0.2) is 11.6 Å². The number of nitrogens with one attached hydrogen (secondary N) is 2. The average molecular weight is 493 g/mol. The molecule has 0 amide bonds. The first-order valence-corrected chi connectivity index (χ1v) is 11.8. The first-order valence-electron chi connectivity index (χ1n) is 11.8. The van der Waals surface area contributed by atoms with Crippen LogP contribution in [0.1, 0.15) is 6.42 Å². The molecule has 1 aliphatic rings. The number of nitrogens with zero attached hydrogens (tertiary/aromatic N) is 4. The summed E-state index contributed by atoms with van der Waals surface area (Å²) in [7, 11) is 0. The summed E-state index contributed by atoms with van der Waals surface area (Å²) in [5.41, 5.74) is 1.39. The van der Waals surface area contributed by atoms with E-state index in [0.29, 0.717) is 29.4 Å². The van der Waals surface area contributed by atoms with Gasteiger partial charge in [0.25, 0.3) is 0 Å². The molecule has 2 aromatic heterocycles. The monoisotopic (exact) mass is 492 g/mol. The second-order valence-corrected chi connectivity index (χ2v) is 8.35. The Bertz CT molecular complexity index is 1320. The zero-order valence-corrected chi connectivity index (χ0v) is 19.6. The summed E-state index contributed by atoms with van der Waals surface area (Å²) in [5.74, 6) is -0.154. The van der Waals surface area contributed by atoms with Gasteiger partial charge in [-0.25, -0.2) is 13.8 Å². The van der Waals surface area contributed by atoms with Crippen LogP contribution in [0.15, 0.2) is 60.9 Å². The Morgan fingerprint density at radius 1 is 0.944 bits per heavy atom. The lowest BCUT2D eigenvalue weighted by atomic mass is 10.2. The SMILES string of the molecule is Fc1ccc2cc(Nc3ccnc(Nc4ccc(OCCCN5CCOCC5)cc4)n3)cnc2c1F. The summed E-state index contributed by atoms with van der Waals surface area (Å²) < 4.78 is 38.5. The molecule has 10 heteroatoms. The molecule has 1 saturated heterocycles. The fourth-order valence-corrected chi connectivity index (χ4v) is 3.91. The number of fused-ring (bicyclic) bond motifs is 1. The number of hydrogen-bond donors (Lipinski definition) is 2. The van der Waals surface area contributed by atoms with Crippen LogP contribution >= 0.6 is 0 Å². The summed E-state index contributed by atoms with van der Waals surface area (Å²) in [6.07, 6.45) is 4.01. The summed E-state index contributed by atoms with van der Waals surface area (Å²) in [4.78, 5) is 15.1. The van der Waals surface area contributed by atoms with Crippen LogP contribution in [0.4, 0.5) is 31.9 Å². The second kappa shape index (κ2) is 11.2. The van der Waals surface area contributed by atoms with Crippen molar-refractivity contribution in [2.24, 2.45) is 0 Å². The fraction of sp³-hybridized carbons (Fsp3) is 0.269. The van der Waals surface area contributed by atoms with Gasteiger partial charge in [-0.2, -0.15) is 4.98 Å². The Labute approximate surface area is 207 Å². The molecule has 0 aliphatic carbocycles. The van der Waals surface area contributed by atoms with E-state index in [9.17, 15) is 8.78 Å². The Balaban J connectivity index is 1.15. The van der Waals surface area contributed by atoms with E-state index in [1.165, 1.54) is 12.3 Å². The number of pyridine rings is 1. The van der Waals surface area contributed by atoms with Gasteiger partial charge in [-0.1, -0.05) is 0 Å². The molecule has 2 aromatic carbocycles. The molecule has 1 aliphatic heterocycles. The molecule has 5 rings (SSSR count). The first-order chi connectivity index (χ1) is 17.6. The molecule has 1 fully saturated rings. The summed E-state index contributed by atoms with van der Waals surface area (Å²) in [6.45, 7) is 5.25. The zero-order chi connectivity index (χ0) is 24.7. The highest BCUT2D eigenvalue weighted by atomic mass is 19.2. The lowest BCUT2D eigenvalue weighted by molar-refractivity contribution is 0.0358. The number of morpholine rings is 1. The van der Waals surface area contributed by atoms with Crippen molar-refractivity contribution in [3.63, 3.8) is 0 Å². The molecule has 4 aromatic rings. The van der Waals surface area contributed by atoms with Crippen molar-refractivity contribution in [2.75, 3.05) is 50.1 Å². The number of ether oxygens (including phenoxy) is 2. The lowest BCUT2D eigenvalue weighted by Gasteiger charge is -2.26. The molecule has 186 valence electrons. The van der Waals surface area contributed by atoms with Crippen molar-refractivity contribution in [3.8, 4) is 5.75 Å². The van der Waals surface area contributed by atoms with Gasteiger partial charge in [0.05, 0.1) is 31.7 Å². The van der Waals surface area contributed by atoms with Gasteiger partial charge in [0.2, 0.25) is 5.95 Å². The number of rotatable bonds is 9. The molecule has 0 unspecified atom stereocenters. The van der Waals surface area contributed by atoms with Gasteiger partial charge in [0.1, 0.15) is 17.1 Å². The lowest BCUT2D eigenvalue weighted by Crippen LogP contribution is -2.37. The van der Waals surface area contributed by atoms with Crippen molar-refractivity contribution in [2.45, 2.75) is 6.42 Å². The molecular formula is C26H26F2N6O2. The Morgan fingerprint density at radius 3 is 2.61 bits per heavy atom. The number of aromatic nitrogens is 3. The van der Waals surface area contributed by atoms with E-state index in [1.807, 2.05) is 24.3 Å². The quantitative estimate of drug-likeness (QED) is 0.320. The van der Waals surface area contributed by atoms with E-state index in [0.717, 1.165) is 56.8 Å². The molecule has 0 bridgehead atoms. The predicted octanol–water partition coefficient (Wildman–Crippen LogP) is 4.89. The molecule has 0 radical (unpaired) electrons. The van der Waals surface area contributed by atoms with Crippen molar-refractivity contribution in [3.05, 3.63) is 72.6 Å². The van der Waals surface area contributed by atoms with E-state index in [2.05, 4.69) is 30.5 Å². The van der Waals surface area contributed by atoms with Gasteiger partial charge in [-0.15, -0.1) is 0 Å². The van der Waals surface area contributed by atoms with Crippen molar-refractivity contribution in [1.29, 1.82) is 0 Å². The number of halogens is 2. The smallest absolute Gasteiger partial charge is 0.229 e. The summed E-state index contributed by atoms with van der Waals surface area (Å²) in [5, 5.41) is 6.77. The maximum atomic E-state index is 13.9. The van der Waals surface area contributed by atoms with Crippen molar-refractivity contribution in [1.82, 2.24) is 19.9 Å². The second-order valence-electron chi connectivity index (χ2n) is 8.35.